The summed E-state index contributed by atoms with van der Waals surface area (Å²) in [6, 6.07) is 0. The summed E-state index contributed by atoms with van der Waals surface area (Å²) in [7, 11) is -2.17. The average Bonchev–Trinajstić information content (AvgIpc) is 0.811. The van der Waals surface area contributed by atoms with Gasteiger partial charge in [0.25, 0.3) is 0 Å². The van der Waals surface area contributed by atoms with Gasteiger partial charge in [0.15, 0.2) is 17.4 Å². The molecule has 34 valence electrons. The molecule has 0 aromatic rings. The van der Waals surface area contributed by atoms with Crippen LogP contribution in [0.5, 0.6) is 0 Å². The zero-order valence-corrected chi connectivity index (χ0v) is 4.88. The molecule has 0 radical (unpaired) electrons. The van der Waals surface area contributed by atoms with Crippen LogP contribution in [0.1, 0.15) is 0 Å². The molecule has 0 unspecified atom stereocenters. The molecule has 0 spiro atoms. The summed E-state index contributed by atoms with van der Waals surface area (Å²) in [5.41, 5.74) is 0. The molecule has 0 fully saturated rings. The number of hydrogen-bond acceptors (Lipinski definition) is 3. The van der Waals surface area contributed by atoms with Crippen LogP contribution in [-0.2, 0) is 26.2 Å². The van der Waals surface area contributed by atoms with E-state index in [0.717, 1.165) is 0 Å². The molecule has 0 aromatic carbocycles. The van der Waals surface area contributed by atoms with E-state index >= 15 is 0 Å². The quantitative estimate of drug-likeness (QED) is 0.346. The normalized spacial score (nSPS) is 4.50. The molecule has 6 heavy (non-hydrogen) atoms. The van der Waals surface area contributed by atoms with Gasteiger partial charge in [-0.15, -0.1) is 0 Å². The van der Waals surface area contributed by atoms with Gasteiger partial charge in [0.1, 0.15) is 0 Å². The topological polar surface area (TPSA) is 60.7 Å². The van der Waals surface area contributed by atoms with Gasteiger partial charge in [0, 0.05) is 26.2 Å². The third-order valence-corrected chi connectivity index (χ3v) is 0. The molecular weight excluding hydrogens is 177 g/mol. The van der Waals surface area contributed by atoms with E-state index in [1.54, 1.807) is 0 Å². The van der Waals surface area contributed by atoms with Crippen molar-refractivity contribution < 1.29 is 41.3 Å². The molecular formula is H6AlBO3Zr. The van der Waals surface area contributed by atoms with Crippen molar-refractivity contribution in [1.82, 2.24) is 0 Å². The van der Waals surface area contributed by atoms with Crippen LogP contribution in [0.15, 0.2) is 0 Å². The standard InChI is InChI=1S/Al.BH3O3.Zr.3H/c;2-1(3)4;;;;/h;2-4H;;;;. The van der Waals surface area contributed by atoms with E-state index in [9.17, 15) is 0 Å². The summed E-state index contributed by atoms with van der Waals surface area (Å²) < 4.78 is 0. The number of hydrogen-bond donors (Lipinski definition) is 3. The minimum absolute atomic E-state index is 0. The molecule has 0 aliphatic heterocycles. The monoisotopic (exact) mass is 182 g/mol. The van der Waals surface area contributed by atoms with Crippen molar-refractivity contribution in [2.75, 3.05) is 0 Å². The van der Waals surface area contributed by atoms with Gasteiger partial charge in [0.05, 0.1) is 0 Å². The van der Waals surface area contributed by atoms with Crippen LogP contribution < -0.4 is 0 Å². The second-order valence-electron chi connectivity index (χ2n) is 0.346. The largest absolute Gasteiger partial charge is 0.631 e. The Kier molecular flexibility index (Phi) is 25.1. The van der Waals surface area contributed by atoms with Crippen LogP contribution in [-0.4, -0.2) is 39.8 Å². The fraction of sp³-hybridized carbons (Fsp3) is 0. The van der Waals surface area contributed by atoms with E-state index in [0.29, 0.717) is 0 Å². The molecule has 0 saturated heterocycles. The Morgan fingerprint density at radius 1 is 1.00 bits per heavy atom. The third-order valence-electron chi connectivity index (χ3n) is 0. The fourth-order valence-electron chi connectivity index (χ4n) is 0. The number of rotatable bonds is 0. The zero-order valence-electron chi connectivity index (χ0n) is 2.42. The maximum absolute atomic E-state index is 7.17. The second kappa shape index (κ2) is 9.61. The van der Waals surface area contributed by atoms with Gasteiger partial charge in [-0.05, 0) is 0 Å². The summed E-state index contributed by atoms with van der Waals surface area (Å²) in [5.74, 6) is 0. The van der Waals surface area contributed by atoms with Crippen molar-refractivity contribution in [3.63, 3.8) is 0 Å². The van der Waals surface area contributed by atoms with Crippen LogP contribution in [0.2, 0.25) is 0 Å². The Hall–Kier alpha value is 1.36. The smallest absolute Gasteiger partial charge is 0.402 e. The first-order valence-corrected chi connectivity index (χ1v) is 0.775. The first kappa shape index (κ1) is 15.7. The molecule has 0 bridgehead atoms. The van der Waals surface area contributed by atoms with Gasteiger partial charge in [-0.2, -0.15) is 0 Å². The van der Waals surface area contributed by atoms with E-state index in [1.165, 1.54) is 0 Å². The molecule has 0 atom stereocenters. The van der Waals surface area contributed by atoms with Crippen molar-refractivity contribution in [2.45, 2.75) is 0 Å². The molecule has 3 nitrogen and oxygen atoms in total. The van der Waals surface area contributed by atoms with Crippen molar-refractivity contribution in [3.05, 3.63) is 0 Å². The van der Waals surface area contributed by atoms with E-state index in [1.807, 2.05) is 0 Å². The van der Waals surface area contributed by atoms with Gasteiger partial charge < -0.3 is 15.1 Å². The predicted molar refractivity (Wildman–Crippen MR) is 22.3 cm³/mol. The summed E-state index contributed by atoms with van der Waals surface area (Å²) in [6.45, 7) is 0. The van der Waals surface area contributed by atoms with Crippen LogP contribution in [0, 0.1) is 0 Å². The first-order chi connectivity index (χ1) is 1.73. The molecule has 3 N–H and O–H groups in total. The van der Waals surface area contributed by atoms with Gasteiger partial charge >= 0.3 is 7.32 Å². The summed E-state index contributed by atoms with van der Waals surface area (Å²) in [6.07, 6.45) is 0. The minimum atomic E-state index is -2.17. The first-order valence-electron chi connectivity index (χ1n) is 0.775. The molecule has 0 rings (SSSR count). The summed E-state index contributed by atoms with van der Waals surface area (Å²) in [4.78, 5) is 0. The van der Waals surface area contributed by atoms with E-state index in [2.05, 4.69) is 0 Å². The van der Waals surface area contributed by atoms with E-state index in [-0.39, 0.29) is 43.6 Å². The van der Waals surface area contributed by atoms with Gasteiger partial charge in [-0.1, -0.05) is 0 Å². The summed E-state index contributed by atoms with van der Waals surface area (Å²) >= 11 is 0. The Labute approximate surface area is 65.8 Å². The molecule has 0 heterocycles. The van der Waals surface area contributed by atoms with Crippen molar-refractivity contribution >= 4 is 24.7 Å². The molecule has 0 aliphatic rings. The molecule has 0 saturated carbocycles. The van der Waals surface area contributed by atoms with Crippen molar-refractivity contribution in [2.24, 2.45) is 0 Å². The second-order valence-corrected chi connectivity index (χ2v) is 0.346. The van der Waals surface area contributed by atoms with Gasteiger partial charge in [-0.25, -0.2) is 0 Å². The van der Waals surface area contributed by atoms with Crippen molar-refractivity contribution in [1.29, 1.82) is 0 Å². The fourth-order valence-corrected chi connectivity index (χ4v) is 0. The van der Waals surface area contributed by atoms with Crippen LogP contribution in [0.3, 0.4) is 0 Å². The Morgan fingerprint density at radius 3 is 1.00 bits per heavy atom. The molecule has 0 aliphatic carbocycles. The molecule has 0 aromatic heterocycles. The van der Waals surface area contributed by atoms with Crippen LogP contribution in [0.25, 0.3) is 0 Å². The van der Waals surface area contributed by atoms with Crippen molar-refractivity contribution in [3.8, 4) is 0 Å². The Balaban J connectivity index is -0.0000000450. The maximum atomic E-state index is 7.17. The van der Waals surface area contributed by atoms with E-state index in [4.69, 9.17) is 15.1 Å². The Bertz CT molecular complexity index is 15.5. The van der Waals surface area contributed by atoms with E-state index < -0.39 is 7.32 Å². The van der Waals surface area contributed by atoms with Gasteiger partial charge in [0.2, 0.25) is 0 Å². The molecule has 6 heteroatoms. The third kappa shape index (κ3) is 55.1. The predicted octanol–water partition coefficient (Wildman–Crippen LogP) is -3.24. The van der Waals surface area contributed by atoms with Crippen LogP contribution >= 0.6 is 0 Å². The SMILES string of the molecule is OB(O)O.[AlH3].[Zr]. The Morgan fingerprint density at radius 2 is 1.00 bits per heavy atom. The minimum Gasteiger partial charge on any atom is -0.402 e. The maximum Gasteiger partial charge on any atom is 0.631 e. The van der Waals surface area contributed by atoms with Gasteiger partial charge in [-0.3, -0.25) is 0 Å². The zero-order chi connectivity index (χ0) is 3.58. The summed E-state index contributed by atoms with van der Waals surface area (Å²) in [5, 5.41) is 21.5. The van der Waals surface area contributed by atoms with Crippen LogP contribution in [0.4, 0.5) is 0 Å². The molecule has 0 amide bonds. The average molecular weight is 183 g/mol.